The third kappa shape index (κ3) is 4.63. The van der Waals surface area contributed by atoms with Gasteiger partial charge in [0.05, 0.1) is 37.0 Å². The second kappa shape index (κ2) is 9.43. The first-order chi connectivity index (χ1) is 16.7. The Hall–Kier alpha value is -2.65. The summed E-state index contributed by atoms with van der Waals surface area (Å²) in [4.78, 5) is 31.9. The highest BCUT2D eigenvalue weighted by Gasteiger charge is 2.56. The maximum Gasteiger partial charge on any atom is 0.288 e. The molecule has 2 aromatic rings. The molecule has 2 bridgehead atoms. The number of fused-ring (bicyclic) bond motifs is 2. The number of hydrogen-bond acceptors (Lipinski definition) is 7. The van der Waals surface area contributed by atoms with Gasteiger partial charge >= 0.3 is 0 Å². The van der Waals surface area contributed by atoms with E-state index in [0.717, 1.165) is 30.0 Å². The van der Waals surface area contributed by atoms with Crippen molar-refractivity contribution in [3.05, 3.63) is 39.9 Å². The monoisotopic (exact) mass is 500 g/mol. The summed E-state index contributed by atoms with van der Waals surface area (Å²) in [6.07, 6.45) is 5.50. The number of pyridine rings is 1. The van der Waals surface area contributed by atoms with Gasteiger partial charge in [0.15, 0.2) is 0 Å². The molecule has 0 spiro atoms. The Balaban J connectivity index is 1.20. The van der Waals surface area contributed by atoms with Crippen molar-refractivity contribution in [3.63, 3.8) is 0 Å². The van der Waals surface area contributed by atoms with Gasteiger partial charge in [0.2, 0.25) is 5.91 Å². The third-order valence-corrected chi connectivity index (χ3v) is 8.71. The molecule has 0 radical (unpaired) electrons. The topological polar surface area (TPSA) is 101 Å². The largest absolute Gasteiger partial charge is 0.379 e. The summed E-state index contributed by atoms with van der Waals surface area (Å²) in [5, 5.41) is 10.5. The van der Waals surface area contributed by atoms with Crippen LogP contribution in [0.5, 0.6) is 0 Å². The first-order valence-electron chi connectivity index (χ1n) is 12.3. The van der Waals surface area contributed by atoms with E-state index in [2.05, 4.69) is 46.4 Å². The molecule has 0 aromatic carbocycles. The van der Waals surface area contributed by atoms with Gasteiger partial charge < -0.3 is 20.3 Å². The van der Waals surface area contributed by atoms with E-state index in [1.54, 1.807) is 18.5 Å². The van der Waals surface area contributed by atoms with Gasteiger partial charge in [0, 0.05) is 19.1 Å². The molecular weight excluding hydrogens is 468 g/mol. The molecule has 6 rings (SSSR count). The number of nitrogens with one attached hydrogen (secondary N) is 2. The maximum atomic E-state index is 12.8. The van der Waals surface area contributed by atoms with Crippen molar-refractivity contribution >= 4 is 34.7 Å². The molecule has 3 aliphatic carbocycles. The van der Waals surface area contributed by atoms with Crippen molar-refractivity contribution < 1.29 is 9.53 Å². The van der Waals surface area contributed by atoms with Crippen LogP contribution in [-0.4, -0.2) is 53.0 Å². The van der Waals surface area contributed by atoms with Crippen LogP contribution in [0.1, 0.15) is 33.6 Å². The van der Waals surface area contributed by atoms with E-state index in [1.165, 1.54) is 6.42 Å². The molecule has 9 nitrogen and oxygen atoms in total. The zero-order chi connectivity index (χ0) is 24.7. The lowest BCUT2D eigenvalue weighted by atomic mass is 9.45. The number of carbonyl (C=O) groups excluding carboxylic acids is 1. The number of ether oxygens (including phenoxy) is 1. The van der Waals surface area contributed by atoms with Gasteiger partial charge in [-0.15, -0.1) is 0 Å². The van der Waals surface area contributed by atoms with Gasteiger partial charge in [-0.1, -0.05) is 32.4 Å². The van der Waals surface area contributed by atoms with E-state index >= 15 is 0 Å². The number of rotatable bonds is 6. The Morgan fingerprint density at radius 3 is 2.66 bits per heavy atom. The van der Waals surface area contributed by atoms with Crippen LogP contribution in [-0.2, 0) is 16.1 Å². The second-order valence-electron chi connectivity index (χ2n) is 10.6. The molecule has 4 atom stereocenters. The van der Waals surface area contributed by atoms with Crippen molar-refractivity contribution in [2.45, 2.75) is 46.2 Å². The first-order valence-corrected chi connectivity index (χ1v) is 12.7. The molecule has 10 heteroatoms. The number of anilines is 3. The molecule has 4 fully saturated rings. The van der Waals surface area contributed by atoms with Gasteiger partial charge in [-0.05, 0) is 48.1 Å². The van der Waals surface area contributed by atoms with Crippen LogP contribution in [0.2, 0.25) is 5.02 Å². The first kappa shape index (κ1) is 24.1. The van der Waals surface area contributed by atoms with E-state index in [0.29, 0.717) is 47.8 Å². The standard InChI is InChI=1S/C25H33ClN6O3/c1-15-18-10-16(25(18,2)3)11-19(15)30-20-13-28-32(24(34)23(20)26)14-22(33)29-17-4-5-21(27-12-17)31-6-8-35-9-7-31/h4-5,12-13,15-16,18-19,30H,6-11,14H2,1-3H3,(H,29,33)/t15-,16?,18?,19-/m1/s1. The SMILES string of the molecule is C[C@@H]1C2CC(C[C@H]1Nc1cnn(CC(=O)Nc3ccc(N4CCOCC4)nc3)c(=O)c1Cl)C2(C)C. The van der Waals surface area contributed by atoms with Crippen LogP contribution >= 0.6 is 11.6 Å². The second-order valence-corrected chi connectivity index (χ2v) is 11.0. The minimum Gasteiger partial charge on any atom is -0.379 e. The highest BCUT2D eigenvalue weighted by molar-refractivity contribution is 6.32. The minimum atomic E-state index is -0.485. The van der Waals surface area contributed by atoms with Crippen LogP contribution in [0, 0.1) is 23.2 Å². The molecule has 1 saturated heterocycles. The maximum absolute atomic E-state index is 12.8. The number of amides is 1. The number of nitrogens with zero attached hydrogens (tertiary/aromatic N) is 4. The van der Waals surface area contributed by atoms with Crippen molar-refractivity contribution in [1.82, 2.24) is 14.8 Å². The van der Waals surface area contributed by atoms with Gasteiger partial charge in [-0.3, -0.25) is 9.59 Å². The van der Waals surface area contributed by atoms with Crippen LogP contribution < -0.4 is 21.1 Å². The van der Waals surface area contributed by atoms with Crippen LogP contribution in [0.3, 0.4) is 0 Å². The summed E-state index contributed by atoms with van der Waals surface area (Å²) in [6, 6.07) is 3.92. The number of halogens is 1. The summed E-state index contributed by atoms with van der Waals surface area (Å²) in [5.74, 6) is 2.32. The molecule has 2 N–H and O–H groups in total. The average Bonchev–Trinajstić information content (AvgIpc) is 2.85. The van der Waals surface area contributed by atoms with Gasteiger partial charge in [0.25, 0.3) is 5.56 Å². The lowest BCUT2D eigenvalue weighted by molar-refractivity contribution is -0.117. The van der Waals surface area contributed by atoms with Crippen molar-refractivity contribution in [2.24, 2.45) is 23.2 Å². The molecule has 35 heavy (non-hydrogen) atoms. The van der Waals surface area contributed by atoms with Gasteiger partial charge in [-0.2, -0.15) is 5.10 Å². The molecule has 3 saturated carbocycles. The lowest BCUT2D eigenvalue weighted by Crippen LogP contribution is -2.58. The van der Waals surface area contributed by atoms with Crippen molar-refractivity contribution in [3.8, 4) is 0 Å². The van der Waals surface area contributed by atoms with Crippen molar-refractivity contribution in [2.75, 3.05) is 41.8 Å². The minimum absolute atomic E-state index is 0.0648. The summed E-state index contributed by atoms with van der Waals surface area (Å²) in [6.45, 7) is 9.68. The van der Waals surface area contributed by atoms with E-state index in [-0.39, 0.29) is 23.5 Å². The zero-order valence-electron chi connectivity index (χ0n) is 20.5. The number of morpholine rings is 1. The zero-order valence-corrected chi connectivity index (χ0v) is 21.2. The molecular formula is C25H33ClN6O3. The predicted octanol–water partition coefficient (Wildman–Crippen LogP) is 3.25. The van der Waals surface area contributed by atoms with E-state index in [9.17, 15) is 9.59 Å². The number of carbonyl (C=O) groups is 1. The van der Waals surface area contributed by atoms with E-state index in [4.69, 9.17) is 16.3 Å². The predicted molar refractivity (Wildman–Crippen MR) is 136 cm³/mol. The molecule has 2 aromatic heterocycles. The fraction of sp³-hybridized carbons (Fsp3) is 0.600. The normalized spacial score (nSPS) is 27.1. The smallest absolute Gasteiger partial charge is 0.288 e. The Bertz CT molecular complexity index is 1140. The molecule has 1 amide bonds. The number of aromatic nitrogens is 3. The third-order valence-electron chi connectivity index (χ3n) is 8.34. The summed E-state index contributed by atoms with van der Waals surface area (Å²) in [5.41, 5.74) is 0.986. The molecule has 2 unspecified atom stereocenters. The van der Waals surface area contributed by atoms with Gasteiger partial charge in [0.1, 0.15) is 17.4 Å². The highest BCUT2D eigenvalue weighted by atomic mass is 35.5. The molecule has 3 heterocycles. The lowest BCUT2D eigenvalue weighted by Gasteiger charge is -2.62. The van der Waals surface area contributed by atoms with Gasteiger partial charge in [-0.25, -0.2) is 9.67 Å². The Labute approximate surface area is 210 Å². The summed E-state index contributed by atoms with van der Waals surface area (Å²) < 4.78 is 6.45. The van der Waals surface area contributed by atoms with Crippen LogP contribution in [0.25, 0.3) is 0 Å². The summed E-state index contributed by atoms with van der Waals surface area (Å²) >= 11 is 6.41. The van der Waals surface area contributed by atoms with Crippen LogP contribution in [0.4, 0.5) is 17.2 Å². The highest BCUT2D eigenvalue weighted by Crippen LogP contribution is 2.61. The fourth-order valence-corrected chi connectivity index (χ4v) is 6.20. The van der Waals surface area contributed by atoms with E-state index < -0.39 is 5.56 Å². The Kier molecular flexibility index (Phi) is 6.48. The Morgan fingerprint density at radius 1 is 1.23 bits per heavy atom. The van der Waals surface area contributed by atoms with E-state index in [1.807, 2.05) is 6.07 Å². The molecule has 4 aliphatic rings. The van der Waals surface area contributed by atoms with Crippen molar-refractivity contribution in [1.29, 1.82) is 0 Å². The van der Waals surface area contributed by atoms with Crippen LogP contribution in [0.15, 0.2) is 29.3 Å². The molecule has 188 valence electrons. The summed E-state index contributed by atoms with van der Waals surface area (Å²) in [7, 11) is 0. The Morgan fingerprint density at radius 2 is 2.00 bits per heavy atom. The quantitative estimate of drug-likeness (QED) is 0.627. The molecule has 1 aliphatic heterocycles. The average molecular weight is 501 g/mol. The number of hydrogen-bond donors (Lipinski definition) is 2. The fourth-order valence-electron chi connectivity index (χ4n) is 5.99.